The van der Waals surface area contributed by atoms with Crippen molar-refractivity contribution in [1.82, 2.24) is 5.43 Å². The van der Waals surface area contributed by atoms with Crippen molar-refractivity contribution in [2.75, 3.05) is 0 Å². The van der Waals surface area contributed by atoms with Gasteiger partial charge in [0.2, 0.25) is 0 Å². The minimum absolute atomic E-state index is 0.0849. The van der Waals surface area contributed by atoms with Crippen molar-refractivity contribution in [1.29, 1.82) is 0 Å². The predicted molar refractivity (Wildman–Crippen MR) is 84.4 cm³/mol. The molecule has 1 aromatic carbocycles. The normalized spacial score (nSPS) is 24.3. The van der Waals surface area contributed by atoms with E-state index in [1.807, 2.05) is 0 Å². The molecule has 21 heavy (non-hydrogen) atoms. The van der Waals surface area contributed by atoms with Crippen LogP contribution in [-0.4, -0.2) is 16.7 Å². The third-order valence-electron chi connectivity index (χ3n) is 4.17. The van der Waals surface area contributed by atoms with Gasteiger partial charge in [-0.1, -0.05) is 26.8 Å². The van der Waals surface area contributed by atoms with Crippen molar-refractivity contribution in [2.45, 2.75) is 40.0 Å². The first-order valence-corrected chi connectivity index (χ1v) is 7.63. The van der Waals surface area contributed by atoms with Crippen LogP contribution >= 0.6 is 0 Å². The highest BCUT2D eigenvalue weighted by molar-refractivity contribution is 5.96. The number of benzene rings is 1. The average molecular weight is 288 g/mol. The van der Waals surface area contributed by atoms with Crippen LogP contribution in [0.3, 0.4) is 0 Å². The van der Waals surface area contributed by atoms with Crippen molar-refractivity contribution in [3.8, 4) is 5.75 Å². The van der Waals surface area contributed by atoms with Crippen molar-refractivity contribution >= 4 is 11.6 Å². The van der Waals surface area contributed by atoms with Gasteiger partial charge in [-0.15, -0.1) is 0 Å². The van der Waals surface area contributed by atoms with Gasteiger partial charge in [0.05, 0.1) is 0 Å². The van der Waals surface area contributed by atoms with Crippen molar-refractivity contribution < 1.29 is 9.90 Å². The maximum Gasteiger partial charge on any atom is 0.271 e. The van der Waals surface area contributed by atoms with Gasteiger partial charge in [-0.25, -0.2) is 5.43 Å². The summed E-state index contributed by atoms with van der Waals surface area (Å²) in [5.74, 6) is 1.41. The quantitative estimate of drug-likeness (QED) is 0.835. The smallest absolute Gasteiger partial charge is 0.271 e. The molecule has 4 nitrogen and oxygen atoms in total. The molecule has 0 aromatic heterocycles. The molecule has 0 saturated heterocycles. The lowest BCUT2D eigenvalue weighted by Crippen LogP contribution is -2.31. The zero-order valence-corrected chi connectivity index (χ0v) is 13.0. The Labute approximate surface area is 126 Å². The molecule has 2 rings (SSSR count). The molecule has 0 spiro atoms. The Kier molecular flexibility index (Phi) is 4.99. The Morgan fingerprint density at radius 1 is 1.38 bits per heavy atom. The summed E-state index contributed by atoms with van der Waals surface area (Å²) in [6.07, 6.45) is 3.31. The topological polar surface area (TPSA) is 61.7 Å². The van der Waals surface area contributed by atoms with E-state index >= 15 is 0 Å². The van der Waals surface area contributed by atoms with Crippen LogP contribution in [0.5, 0.6) is 5.75 Å². The zero-order chi connectivity index (χ0) is 15.4. The van der Waals surface area contributed by atoms with Crippen LogP contribution in [-0.2, 0) is 0 Å². The maximum atomic E-state index is 12.1. The molecule has 2 N–H and O–H groups in total. The Morgan fingerprint density at radius 2 is 2.14 bits per heavy atom. The number of aromatic hydroxyl groups is 1. The number of amides is 1. The summed E-state index contributed by atoms with van der Waals surface area (Å²) in [4.78, 5) is 12.1. The third-order valence-corrected chi connectivity index (χ3v) is 4.17. The number of hydrazone groups is 1. The lowest BCUT2D eigenvalue weighted by Gasteiger charge is -2.30. The zero-order valence-electron chi connectivity index (χ0n) is 13.0. The van der Waals surface area contributed by atoms with Crippen LogP contribution in [0.25, 0.3) is 0 Å². The van der Waals surface area contributed by atoms with Crippen molar-refractivity contribution in [2.24, 2.45) is 22.9 Å². The molecule has 4 heteroatoms. The van der Waals surface area contributed by atoms with E-state index in [1.54, 1.807) is 18.2 Å². The molecule has 1 aliphatic carbocycles. The molecule has 0 heterocycles. The molecule has 1 aliphatic rings. The Bertz CT molecular complexity index is 537. The fourth-order valence-electron chi connectivity index (χ4n) is 2.92. The minimum Gasteiger partial charge on any atom is -0.508 e. The fourth-order valence-corrected chi connectivity index (χ4v) is 2.92. The molecule has 0 aliphatic heterocycles. The molecule has 2 atom stereocenters. The highest BCUT2D eigenvalue weighted by Crippen LogP contribution is 2.31. The number of phenolic OH excluding ortho intramolecular Hbond substituents is 1. The average Bonchev–Trinajstić information content (AvgIpc) is 2.44. The lowest BCUT2D eigenvalue weighted by atomic mass is 9.76. The first-order valence-electron chi connectivity index (χ1n) is 7.63. The van der Waals surface area contributed by atoms with Crippen LogP contribution in [0.2, 0.25) is 0 Å². The molecule has 0 radical (unpaired) electrons. The third kappa shape index (κ3) is 4.06. The van der Waals surface area contributed by atoms with E-state index in [0.717, 1.165) is 18.6 Å². The van der Waals surface area contributed by atoms with E-state index in [0.29, 0.717) is 23.3 Å². The lowest BCUT2D eigenvalue weighted by molar-refractivity contribution is 0.0953. The van der Waals surface area contributed by atoms with Crippen LogP contribution in [0.4, 0.5) is 0 Å². The van der Waals surface area contributed by atoms with Crippen molar-refractivity contribution in [3.63, 3.8) is 0 Å². The summed E-state index contributed by atoms with van der Waals surface area (Å²) in [6, 6.07) is 6.30. The number of nitrogens with one attached hydrogen (secondary N) is 1. The van der Waals surface area contributed by atoms with Crippen LogP contribution in [0.1, 0.15) is 50.4 Å². The van der Waals surface area contributed by atoms with Gasteiger partial charge < -0.3 is 5.11 Å². The number of hydrogen-bond donors (Lipinski definition) is 2. The first kappa shape index (κ1) is 15.5. The molecule has 1 fully saturated rings. The summed E-state index contributed by atoms with van der Waals surface area (Å²) < 4.78 is 0. The summed E-state index contributed by atoms with van der Waals surface area (Å²) in [7, 11) is 0. The number of nitrogens with zero attached hydrogens (tertiary/aromatic N) is 1. The number of carbonyl (C=O) groups excluding carboxylic acids is 1. The second kappa shape index (κ2) is 6.74. The standard InChI is InChI=1S/C17H24N2O2/c1-11(2)15-8-7-12(3)9-16(15)18-19-17(21)13-5-4-6-14(20)10-13/h4-6,10-12,15,20H,7-9H2,1-3H3,(H,19,21)/b18-16-/t12-,15-/m0/s1. The van der Waals surface area contributed by atoms with E-state index in [4.69, 9.17) is 0 Å². The van der Waals surface area contributed by atoms with Gasteiger partial charge in [0.25, 0.3) is 5.91 Å². The molecule has 1 amide bonds. The summed E-state index contributed by atoms with van der Waals surface area (Å²) >= 11 is 0. The molecule has 0 unspecified atom stereocenters. The van der Waals surface area contributed by atoms with Crippen LogP contribution in [0, 0.1) is 17.8 Å². The Hall–Kier alpha value is -1.84. The molecule has 1 saturated carbocycles. The van der Waals surface area contributed by atoms with Gasteiger partial charge in [0.1, 0.15) is 5.75 Å². The van der Waals surface area contributed by atoms with Crippen LogP contribution in [0.15, 0.2) is 29.4 Å². The second-order valence-electron chi connectivity index (χ2n) is 6.33. The highest BCUT2D eigenvalue weighted by Gasteiger charge is 2.27. The van der Waals surface area contributed by atoms with Gasteiger partial charge in [-0.2, -0.15) is 5.10 Å². The van der Waals surface area contributed by atoms with E-state index in [1.165, 1.54) is 12.5 Å². The minimum atomic E-state index is -0.279. The number of carbonyl (C=O) groups is 1. The maximum absolute atomic E-state index is 12.1. The van der Waals surface area contributed by atoms with E-state index in [2.05, 4.69) is 31.3 Å². The molecule has 114 valence electrons. The van der Waals surface area contributed by atoms with Crippen molar-refractivity contribution in [3.05, 3.63) is 29.8 Å². The largest absolute Gasteiger partial charge is 0.508 e. The molecular weight excluding hydrogens is 264 g/mol. The monoisotopic (exact) mass is 288 g/mol. The SMILES string of the molecule is CC(C)[C@@H]1CC[C@H](C)C/C1=N/NC(=O)c1cccc(O)c1. The van der Waals surface area contributed by atoms with E-state index in [-0.39, 0.29) is 11.7 Å². The second-order valence-corrected chi connectivity index (χ2v) is 6.33. The molecule has 1 aromatic rings. The number of rotatable bonds is 3. The predicted octanol–water partition coefficient (Wildman–Crippen LogP) is 3.57. The summed E-state index contributed by atoms with van der Waals surface area (Å²) in [6.45, 7) is 6.63. The van der Waals surface area contributed by atoms with Crippen LogP contribution < -0.4 is 5.43 Å². The van der Waals surface area contributed by atoms with E-state index in [9.17, 15) is 9.90 Å². The van der Waals surface area contributed by atoms with Gasteiger partial charge in [0.15, 0.2) is 0 Å². The first-order chi connectivity index (χ1) is 9.97. The summed E-state index contributed by atoms with van der Waals surface area (Å²) in [5, 5.41) is 13.8. The van der Waals surface area contributed by atoms with Gasteiger partial charge in [-0.3, -0.25) is 4.79 Å². The number of hydrogen-bond acceptors (Lipinski definition) is 3. The Morgan fingerprint density at radius 3 is 2.81 bits per heavy atom. The molecular formula is C17H24N2O2. The number of phenols is 1. The molecule has 0 bridgehead atoms. The van der Waals surface area contributed by atoms with Gasteiger partial charge in [-0.05, 0) is 49.3 Å². The Balaban J connectivity index is 2.08. The summed E-state index contributed by atoms with van der Waals surface area (Å²) in [5.41, 5.74) is 4.15. The van der Waals surface area contributed by atoms with Gasteiger partial charge in [0, 0.05) is 17.2 Å². The highest BCUT2D eigenvalue weighted by atomic mass is 16.3. The van der Waals surface area contributed by atoms with E-state index < -0.39 is 0 Å². The van der Waals surface area contributed by atoms with Gasteiger partial charge >= 0.3 is 0 Å². The fraction of sp³-hybridized carbons (Fsp3) is 0.529.